The average molecular weight is 434 g/mol. The number of phenols is 4. The Hall–Kier alpha value is -4.40. The van der Waals surface area contributed by atoms with Crippen molar-refractivity contribution < 1.29 is 25.2 Å². The van der Waals surface area contributed by atoms with Gasteiger partial charge in [-0.25, -0.2) is 5.43 Å². The molecule has 32 heavy (non-hydrogen) atoms. The van der Waals surface area contributed by atoms with E-state index in [1.165, 1.54) is 42.5 Å². The Balaban J connectivity index is 1.72. The maximum atomic E-state index is 12.5. The molecule has 0 heterocycles. The summed E-state index contributed by atoms with van der Waals surface area (Å²) in [6.07, 6.45) is 0. The van der Waals surface area contributed by atoms with Gasteiger partial charge in [-0.1, -0.05) is 6.07 Å². The SMILES string of the molecule is C/C(=N\NC(=O)c1cccc(N=NC(C)c2cc(O)ccc2O)c1)c1cc(O)ccc1O. The van der Waals surface area contributed by atoms with Crippen LogP contribution >= 0.6 is 0 Å². The highest BCUT2D eigenvalue weighted by atomic mass is 16.3. The third kappa shape index (κ3) is 5.39. The number of hydrazone groups is 1. The molecule has 0 aliphatic carbocycles. The van der Waals surface area contributed by atoms with Crippen LogP contribution in [0.4, 0.5) is 5.69 Å². The second kappa shape index (κ2) is 9.61. The number of hydrogen-bond donors (Lipinski definition) is 5. The summed E-state index contributed by atoms with van der Waals surface area (Å²) in [5.41, 5.74) is 4.11. The summed E-state index contributed by atoms with van der Waals surface area (Å²) >= 11 is 0. The van der Waals surface area contributed by atoms with Gasteiger partial charge in [0.1, 0.15) is 23.0 Å². The number of benzene rings is 3. The molecule has 9 heteroatoms. The van der Waals surface area contributed by atoms with E-state index in [0.717, 1.165) is 0 Å². The van der Waals surface area contributed by atoms with Gasteiger partial charge in [0.2, 0.25) is 0 Å². The minimum absolute atomic E-state index is 0.00613. The Morgan fingerprint density at radius 3 is 2.34 bits per heavy atom. The van der Waals surface area contributed by atoms with Crippen LogP contribution in [0.1, 0.15) is 41.4 Å². The Labute approximate surface area is 184 Å². The number of amides is 1. The second-order valence-corrected chi connectivity index (χ2v) is 7.02. The molecule has 0 bridgehead atoms. The van der Waals surface area contributed by atoms with Crippen LogP contribution in [-0.2, 0) is 0 Å². The first-order valence-corrected chi connectivity index (χ1v) is 9.64. The number of azo groups is 1. The number of hydrogen-bond acceptors (Lipinski definition) is 8. The van der Waals surface area contributed by atoms with E-state index in [0.29, 0.717) is 17.0 Å². The first kappa shape index (κ1) is 22.3. The Morgan fingerprint density at radius 2 is 1.59 bits per heavy atom. The van der Waals surface area contributed by atoms with Crippen molar-refractivity contribution in [3.8, 4) is 23.0 Å². The number of phenolic OH excluding ortho intramolecular Hbond substituents is 4. The fraction of sp³-hybridized carbons (Fsp3) is 0.130. The Morgan fingerprint density at radius 1 is 0.906 bits per heavy atom. The van der Waals surface area contributed by atoms with E-state index >= 15 is 0 Å². The smallest absolute Gasteiger partial charge is 0.271 e. The molecule has 164 valence electrons. The van der Waals surface area contributed by atoms with Crippen LogP contribution in [0.2, 0.25) is 0 Å². The molecular formula is C23H22N4O5. The largest absolute Gasteiger partial charge is 0.508 e. The molecule has 3 aromatic rings. The molecule has 0 fully saturated rings. The van der Waals surface area contributed by atoms with Crippen molar-refractivity contribution >= 4 is 17.3 Å². The topological polar surface area (TPSA) is 147 Å². The van der Waals surface area contributed by atoms with E-state index in [9.17, 15) is 25.2 Å². The Bertz CT molecular complexity index is 1210. The zero-order chi connectivity index (χ0) is 23.3. The highest BCUT2D eigenvalue weighted by molar-refractivity contribution is 6.03. The van der Waals surface area contributed by atoms with Gasteiger partial charge in [0.25, 0.3) is 5.91 Å². The van der Waals surface area contributed by atoms with Gasteiger partial charge < -0.3 is 20.4 Å². The molecule has 0 radical (unpaired) electrons. The molecule has 0 spiro atoms. The lowest BCUT2D eigenvalue weighted by molar-refractivity contribution is 0.0955. The van der Waals surface area contributed by atoms with Gasteiger partial charge in [-0.2, -0.15) is 15.3 Å². The van der Waals surface area contributed by atoms with Crippen molar-refractivity contribution in [1.29, 1.82) is 0 Å². The zero-order valence-electron chi connectivity index (χ0n) is 17.4. The van der Waals surface area contributed by atoms with Crippen LogP contribution in [-0.4, -0.2) is 32.0 Å². The van der Waals surface area contributed by atoms with E-state index in [1.807, 2.05) is 0 Å². The number of carbonyl (C=O) groups excluding carboxylic acids is 1. The molecule has 0 aliphatic heterocycles. The molecule has 1 amide bonds. The summed E-state index contributed by atoms with van der Waals surface area (Å²) in [5.74, 6) is -0.612. The fourth-order valence-electron chi connectivity index (χ4n) is 2.87. The zero-order valence-corrected chi connectivity index (χ0v) is 17.4. The lowest BCUT2D eigenvalue weighted by atomic mass is 10.1. The molecule has 1 unspecified atom stereocenters. The minimum Gasteiger partial charge on any atom is -0.508 e. The lowest BCUT2D eigenvalue weighted by Gasteiger charge is -2.08. The van der Waals surface area contributed by atoms with Gasteiger partial charge in [0.05, 0.1) is 17.4 Å². The van der Waals surface area contributed by atoms with E-state index in [4.69, 9.17) is 0 Å². The highest BCUT2D eigenvalue weighted by Crippen LogP contribution is 2.31. The molecule has 0 aromatic heterocycles. The third-order valence-corrected chi connectivity index (χ3v) is 4.61. The summed E-state index contributed by atoms with van der Waals surface area (Å²) in [7, 11) is 0. The van der Waals surface area contributed by atoms with Crippen LogP contribution < -0.4 is 5.43 Å². The predicted molar refractivity (Wildman–Crippen MR) is 119 cm³/mol. The average Bonchev–Trinajstić information content (AvgIpc) is 2.79. The summed E-state index contributed by atoms with van der Waals surface area (Å²) in [6, 6.07) is 14.0. The monoisotopic (exact) mass is 434 g/mol. The van der Waals surface area contributed by atoms with Gasteiger partial charge in [0.15, 0.2) is 0 Å². The molecule has 0 saturated carbocycles. The summed E-state index contributed by atoms with van der Waals surface area (Å²) < 4.78 is 0. The fourth-order valence-corrected chi connectivity index (χ4v) is 2.87. The van der Waals surface area contributed by atoms with Crippen molar-refractivity contribution in [3.63, 3.8) is 0 Å². The molecule has 5 N–H and O–H groups in total. The van der Waals surface area contributed by atoms with E-state index in [2.05, 4.69) is 20.8 Å². The summed E-state index contributed by atoms with van der Waals surface area (Å²) in [6.45, 7) is 3.29. The standard InChI is InChI=1S/C23H22N4O5/c1-13(19-11-17(28)6-8-21(19)30)24-26-16-5-3-4-15(10-16)23(32)27-25-14(2)20-12-18(29)7-9-22(20)31/h3-13,28-31H,1-2H3,(H,27,32)/b25-14+,26-24?. The molecule has 0 aliphatic rings. The number of nitrogens with one attached hydrogen (secondary N) is 1. The van der Waals surface area contributed by atoms with Crippen LogP contribution in [0, 0.1) is 0 Å². The van der Waals surface area contributed by atoms with Crippen LogP contribution in [0.3, 0.4) is 0 Å². The van der Waals surface area contributed by atoms with E-state index in [-0.39, 0.29) is 34.1 Å². The van der Waals surface area contributed by atoms with Gasteiger partial charge in [0, 0.05) is 16.7 Å². The molecule has 1 atom stereocenters. The Kier molecular flexibility index (Phi) is 6.69. The van der Waals surface area contributed by atoms with Crippen LogP contribution in [0.25, 0.3) is 0 Å². The van der Waals surface area contributed by atoms with Gasteiger partial charge in [-0.3, -0.25) is 4.79 Å². The molecule has 0 saturated heterocycles. The second-order valence-electron chi connectivity index (χ2n) is 7.02. The minimum atomic E-state index is -0.526. The molecule has 3 aromatic carbocycles. The van der Waals surface area contributed by atoms with Crippen molar-refractivity contribution in [2.75, 3.05) is 0 Å². The number of rotatable bonds is 6. The molecule has 9 nitrogen and oxygen atoms in total. The van der Waals surface area contributed by atoms with Gasteiger partial charge in [-0.15, -0.1) is 0 Å². The van der Waals surface area contributed by atoms with Crippen LogP contribution in [0.5, 0.6) is 23.0 Å². The van der Waals surface area contributed by atoms with E-state index < -0.39 is 11.9 Å². The summed E-state index contributed by atoms with van der Waals surface area (Å²) in [5, 5.41) is 51.2. The van der Waals surface area contributed by atoms with E-state index in [1.54, 1.807) is 32.0 Å². The highest BCUT2D eigenvalue weighted by Gasteiger charge is 2.11. The molecular weight excluding hydrogens is 412 g/mol. The number of aromatic hydroxyl groups is 4. The van der Waals surface area contributed by atoms with Crippen molar-refractivity contribution in [2.24, 2.45) is 15.3 Å². The first-order valence-electron chi connectivity index (χ1n) is 9.64. The number of nitrogens with zero attached hydrogens (tertiary/aromatic N) is 3. The first-order chi connectivity index (χ1) is 15.2. The van der Waals surface area contributed by atoms with Crippen molar-refractivity contribution in [1.82, 2.24) is 5.43 Å². The maximum absolute atomic E-state index is 12.5. The summed E-state index contributed by atoms with van der Waals surface area (Å²) in [4.78, 5) is 12.5. The number of carbonyl (C=O) groups is 1. The lowest BCUT2D eigenvalue weighted by Crippen LogP contribution is -2.19. The van der Waals surface area contributed by atoms with Crippen molar-refractivity contribution in [2.45, 2.75) is 19.9 Å². The third-order valence-electron chi connectivity index (χ3n) is 4.61. The van der Waals surface area contributed by atoms with Gasteiger partial charge >= 0.3 is 0 Å². The van der Waals surface area contributed by atoms with Gasteiger partial charge in [-0.05, 0) is 68.4 Å². The quantitative estimate of drug-likeness (QED) is 0.168. The maximum Gasteiger partial charge on any atom is 0.271 e. The predicted octanol–water partition coefficient (Wildman–Crippen LogP) is 4.51. The molecule has 3 rings (SSSR count). The van der Waals surface area contributed by atoms with Crippen molar-refractivity contribution in [3.05, 3.63) is 77.4 Å². The van der Waals surface area contributed by atoms with Crippen LogP contribution in [0.15, 0.2) is 76.0 Å². The normalized spacial score (nSPS) is 12.6.